The van der Waals surface area contributed by atoms with E-state index < -0.39 is 0 Å². The lowest BCUT2D eigenvalue weighted by Gasteiger charge is -2.33. The van der Waals surface area contributed by atoms with Crippen molar-refractivity contribution in [2.45, 2.75) is 18.3 Å². The molecule has 3 rings (SSSR count). The maximum Gasteiger partial charge on any atom is 0.126 e. The van der Waals surface area contributed by atoms with E-state index in [1.54, 1.807) is 12.1 Å². The highest BCUT2D eigenvalue weighted by Gasteiger charge is 2.29. The zero-order chi connectivity index (χ0) is 13.9. The number of benzene rings is 2. The van der Waals surface area contributed by atoms with E-state index in [-0.39, 0.29) is 17.7 Å². The summed E-state index contributed by atoms with van der Waals surface area (Å²) in [6.45, 7) is 1.79. The standard InChI is InChI=1S/C17H17ClFN/c18-13-6-7-17(19)15(10-13)14-8-9-20-11-16(14)12-4-2-1-3-5-12/h1-7,10,14,16,20H,8-9,11H2. The van der Waals surface area contributed by atoms with Crippen LogP contribution in [-0.2, 0) is 0 Å². The van der Waals surface area contributed by atoms with Crippen LogP contribution in [0, 0.1) is 5.82 Å². The second kappa shape index (κ2) is 5.94. The van der Waals surface area contributed by atoms with Gasteiger partial charge < -0.3 is 5.32 Å². The molecule has 2 unspecified atom stereocenters. The molecule has 1 aliphatic heterocycles. The molecule has 1 fully saturated rings. The molecule has 0 radical (unpaired) electrons. The quantitative estimate of drug-likeness (QED) is 0.867. The van der Waals surface area contributed by atoms with Gasteiger partial charge in [0.05, 0.1) is 0 Å². The summed E-state index contributed by atoms with van der Waals surface area (Å²) in [5.41, 5.74) is 2.00. The molecule has 2 atom stereocenters. The van der Waals surface area contributed by atoms with Crippen LogP contribution in [0.3, 0.4) is 0 Å². The van der Waals surface area contributed by atoms with E-state index in [0.29, 0.717) is 5.02 Å². The Hall–Kier alpha value is -1.38. The zero-order valence-corrected chi connectivity index (χ0v) is 11.9. The fourth-order valence-corrected chi connectivity index (χ4v) is 3.26. The summed E-state index contributed by atoms with van der Waals surface area (Å²) in [5, 5.41) is 4.02. The van der Waals surface area contributed by atoms with Gasteiger partial charge in [0.2, 0.25) is 0 Å². The second-order valence-electron chi connectivity index (χ2n) is 5.28. The van der Waals surface area contributed by atoms with Gasteiger partial charge in [-0.15, -0.1) is 0 Å². The molecule has 0 amide bonds. The van der Waals surface area contributed by atoms with Crippen molar-refractivity contribution in [1.82, 2.24) is 5.32 Å². The molecule has 1 N–H and O–H groups in total. The third-order valence-corrected chi connectivity index (χ3v) is 4.30. The van der Waals surface area contributed by atoms with E-state index in [1.807, 2.05) is 18.2 Å². The highest BCUT2D eigenvalue weighted by Crippen LogP contribution is 2.39. The zero-order valence-electron chi connectivity index (χ0n) is 11.2. The topological polar surface area (TPSA) is 12.0 Å². The van der Waals surface area contributed by atoms with Gasteiger partial charge in [-0.2, -0.15) is 0 Å². The molecule has 104 valence electrons. The minimum atomic E-state index is -0.151. The Morgan fingerprint density at radius 1 is 1.05 bits per heavy atom. The number of piperidine rings is 1. The molecule has 0 aliphatic carbocycles. The SMILES string of the molecule is Fc1ccc(Cl)cc1C1CCNCC1c1ccccc1. The fraction of sp³-hybridized carbons (Fsp3) is 0.294. The number of hydrogen-bond donors (Lipinski definition) is 1. The first-order chi connectivity index (χ1) is 9.75. The van der Waals surface area contributed by atoms with E-state index in [4.69, 9.17) is 11.6 Å². The monoisotopic (exact) mass is 289 g/mol. The molecule has 3 heteroatoms. The van der Waals surface area contributed by atoms with Crippen molar-refractivity contribution in [3.05, 3.63) is 70.5 Å². The van der Waals surface area contributed by atoms with Crippen LogP contribution in [0.5, 0.6) is 0 Å². The van der Waals surface area contributed by atoms with Crippen LogP contribution < -0.4 is 5.32 Å². The van der Waals surface area contributed by atoms with Gasteiger partial charge in [-0.3, -0.25) is 0 Å². The van der Waals surface area contributed by atoms with Crippen LogP contribution in [0.25, 0.3) is 0 Å². The van der Waals surface area contributed by atoms with Gasteiger partial charge in [-0.1, -0.05) is 41.9 Å². The van der Waals surface area contributed by atoms with Gasteiger partial charge in [0.15, 0.2) is 0 Å². The summed E-state index contributed by atoms with van der Waals surface area (Å²) in [5.74, 6) is 0.317. The Bertz CT molecular complexity index is 585. The van der Waals surface area contributed by atoms with Crippen LogP contribution in [0.2, 0.25) is 5.02 Å². The second-order valence-corrected chi connectivity index (χ2v) is 5.72. The molecule has 0 bridgehead atoms. The Kier molecular flexibility index (Phi) is 4.04. The number of rotatable bonds is 2. The average molecular weight is 290 g/mol. The molecule has 2 aromatic rings. The van der Waals surface area contributed by atoms with E-state index in [0.717, 1.165) is 25.1 Å². The molecule has 0 spiro atoms. The van der Waals surface area contributed by atoms with E-state index in [9.17, 15) is 4.39 Å². The Labute approximate surface area is 123 Å². The minimum absolute atomic E-state index is 0.151. The van der Waals surface area contributed by atoms with E-state index in [1.165, 1.54) is 11.6 Å². The van der Waals surface area contributed by atoms with Gasteiger partial charge in [0.1, 0.15) is 5.82 Å². The van der Waals surface area contributed by atoms with Crippen molar-refractivity contribution in [2.24, 2.45) is 0 Å². The van der Waals surface area contributed by atoms with Gasteiger partial charge in [0.25, 0.3) is 0 Å². The van der Waals surface area contributed by atoms with Gasteiger partial charge in [-0.05, 0) is 48.2 Å². The number of hydrogen-bond acceptors (Lipinski definition) is 1. The fourth-order valence-electron chi connectivity index (χ4n) is 3.08. The van der Waals surface area contributed by atoms with Crippen molar-refractivity contribution >= 4 is 11.6 Å². The van der Waals surface area contributed by atoms with Gasteiger partial charge in [0, 0.05) is 17.5 Å². The Morgan fingerprint density at radius 3 is 2.65 bits per heavy atom. The van der Waals surface area contributed by atoms with E-state index in [2.05, 4.69) is 17.4 Å². The Morgan fingerprint density at radius 2 is 1.85 bits per heavy atom. The maximum absolute atomic E-state index is 14.2. The van der Waals surface area contributed by atoms with Crippen molar-refractivity contribution in [3.8, 4) is 0 Å². The highest BCUT2D eigenvalue weighted by molar-refractivity contribution is 6.30. The first-order valence-electron chi connectivity index (χ1n) is 6.96. The lowest BCUT2D eigenvalue weighted by molar-refractivity contribution is 0.393. The van der Waals surface area contributed by atoms with Crippen LogP contribution >= 0.6 is 11.6 Å². The maximum atomic E-state index is 14.2. The van der Waals surface area contributed by atoms with Gasteiger partial charge >= 0.3 is 0 Å². The summed E-state index contributed by atoms with van der Waals surface area (Å²) in [7, 11) is 0. The summed E-state index contributed by atoms with van der Waals surface area (Å²) in [4.78, 5) is 0. The van der Waals surface area contributed by atoms with Crippen molar-refractivity contribution in [3.63, 3.8) is 0 Å². The van der Waals surface area contributed by atoms with Gasteiger partial charge in [-0.25, -0.2) is 4.39 Å². The first-order valence-corrected chi connectivity index (χ1v) is 7.34. The number of nitrogens with one attached hydrogen (secondary N) is 1. The number of halogens is 2. The predicted molar refractivity (Wildman–Crippen MR) is 80.8 cm³/mol. The third-order valence-electron chi connectivity index (χ3n) is 4.07. The molecule has 0 aromatic heterocycles. The smallest absolute Gasteiger partial charge is 0.126 e. The summed E-state index contributed by atoms with van der Waals surface area (Å²) >= 11 is 6.05. The molecule has 1 aliphatic rings. The molecule has 1 nitrogen and oxygen atoms in total. The predicted octanol–water partition coefficient (Wildman–Crippen LogP) is 4.34. The van der Waals surface area contributed by atoms with Crippen molar-refractivity contribution < 1.29 is 4.39 Å². The minimum Gasteiger partial charge on any atom is -0.316 e. The molecule has 1 saturated heterocycles. The summed E-state index contributed by atoms with van der Waals surface area (Å²) in [6, 6.07) is 15.2. The van der Waals surface area contributed by atoms with Crippen LogP contribution in [0.1, 0.15) is 29.4 Å². The lowest BCUT2D eigenvalue weighted by Crippen LogP contribution is -2.34. The Balaban J connectivity index is 1.99. The molecular weight excluding hydrogens is 273 g/mol. The normalized spacial score (nSPS) is 22.7. The van der Waals surface area contributed by atoms with E-state index >= 15 is 0 Å². The summed E-state index contributed by atoms with van der Waals surface area (Å²) in [6.07, 6.45) is 0.927. The molecule has 2 aromatic carbocycles. The molecule has 20 heavy (non-hydrogen) atoms. The van der Waals surface area contributed by atoms with Crippen LogP contribution in [0.15, 0.2) is 48.5 Å². The molecular formula is C17H17ClFN. The molecule has 0 saturated carbocycles. The molecule has 1 heterocycles. The average Bonchev–Trinajstić information content (AvgIpc) is 2.51. The largest absolute Gasteiger partial charge is 0.316 e. The highest BCUT2D eigenvalue weighted by atomic mass is 35.5. The van der Waals surface area contributed by atoms with Crippen molar-refractivity contribution in [1.29, 1.82) is 0 Å². The van der Waals surface area contributed by atoms with Crippen LogP contribution in [-0.4, -0.2) is 13.1 Å². The summed E-state index contributed by atoms with van der Waals surface area (Å²) < 4.78 is 14.2. The third kappa shape index (κ3) is 2.72. The lowest BCUT2D eigenvalue weighted by atomic mass is 9.77. The first kappa shape index (κ1) is 13.6. The van der Waals surface area contributed by atoms with Crippen molar-refractivity contribution in [2.75, 3.05) is 13.1 Å². The van der Waals surface area contributed by atoms with Crippen LogP contribution in [0.4, 0.5) is 4.39 Å².